The zero-order chi connectivity index (χ0) is 11.7. The lowest BCUT2D eigenvalue weighted by atomic mass is 10.2. The van der Waals surface area contributed by atoms with Gasteiger partial charge in [-0.05, 0) is 12.1 Å². The zero-order valence-corrected chi connectivity index (χ0v) is 9.49. The number of amides is 1. The zero-order valence-electron chi connectivity index (χ0n) is 8.68. The number of rotatable bonds is 2. The summed E-state index contributed by atoms with van der Waals surface area (Å²) >= 11 is 1.15. The fourth-order valence-electron chi connectivity index (χ4n) is 1.60. The van der Waals surface area contributed by atoms with E-state index in [-0.39, 0.29) is 5.91 Å². The average molecular weight is 244 g/mol. The molecule has 0 aliphatic heterocycles. The van der Waals surface area contributed by atoms with Crippen molar-refractivity contribution >= 4 is 33.3 Å². The van der Waals surface area contributed by atoms with Crippen molar-refractivity contribution in [3.05, 3.63) is 42.2 Å². The van der Waals surface area contributed by atoms with Gasteiger partial charge in [-0.15, -0.1) is 5.10 Å². The number of benzene rings is 1. The van der Waals surface area contributed by atoms with Crippen LogP contribution in [0, 0.1) is 0 Å². The number of aromatic nitrogens is 3. The molecule has 0 unspecified atom stereocenters. The summed E-state index contributed by atoms with van der Waals surface area (Å²) < 4.78 is 3.68. The van der Waals surface area contributed by atoms with E-state index in [9.17, 15) is 4.79 Å². The molecule has 2 aromatic heterocycles. The molecule has 0 aliphatic rings. The van der Waals surface area contributed by atoms with Gasteiger partial charge >= 0.3 is 0 Å². The Bertz CT molecular complexity index is 626. The van der Waals surface area contributed by atoms with Gasteiger partial charge in [-0.25, -0.2) is 0 Å². The second-order valence-corrected chi connectivity index (χ2v) is 4.29. The van der Waals surface area contributed by atoms with Crippen LogP contribution in [0.5, 0.6) is 0 Å². The van der Waals surface area contributed by atoms with Crippen LogP contribution in [-0.4, -0.2) is 20.5 Å². The number of fused-ring (bicyclic) bond motifs is 1. The molecule has 1 aromatic carbocycles. The number of H-pyrrole nitrogens is 1. The number of para-hydroxylation sites is 1. The molecule has 3 aromatic rings. The molecule has 0 saturated heterocycles. The second-order valence-electron chi connectivity index (χ2n) is 3.51. The maximum Gasteiger partial charge on any atom is 0.272 e. The molecule has 84 valence electrons. The van der Waals surface area contributed by atoms with Crippen LogP contribution in [-0.2, 0) is 0 Å². The Morgan fingerprint density at radius 3 is 3.00 bits per heavy atom. The van der Waals surface area contributed by atoms with Crippen molar-refractivity contribution in [2.24, 2.45) is 0 Å². The van der Waals surface area contributed by atoms with Crippen LogP contribution in [0.25, 0.3) is 10.9 Å². The maximum atomic E-state index is 11.9. The van der Waals surface area contributed by atoms with Crippen molar-refractivity contribution in [3.63, 3.8) is 0 Å². The van der Waals surface area contributed by atoms with Crippen LogP contribution in [0.3, 0.4) is 0 Å². The summed E-state index contributed by atoms with van der Waals surface area (Å²) in [6.07, 6.45) is 1.52. The Kier molecular flexibility index (Phi) is 2.34. The SMILES string of the molecule is O=C(Nc1cnns1)c1cc2ccccc2[nH]1. The van der Waals surface area contributed by atoms with E-state index in [4.69, 9.17) is 0 Å². The van der Waals surface area contributed by atoms with E-state index < -0.39 is 0 Å². The van der Waals surface area contributed by atoms with E-state index in [0.29, 0.717) is 10.7 Å². The predicted octanol–water partition coefficient (Wildman–Crippen LogP) is 2.27. The van der Waals surface area contributed by atoms with Gasteiger partial charge in [-0.2, -0.15) is 0 Å². The minimum atomic E-state index is -0.188. The van der Waals surface area contributed by atoms with Crippen molar-refractivity contribution in [3.8, 4) is 0 Å². The molecule has 3 rings (SSSR count). The normalized spacial score (nSPS) is 10.6. The first-order chi connectivity index (χ1) is 8.33. The molecule has 0 saturated carbocycles. The summed E-state index contributed by atoms with van der Waals surface area (Å²) in [7, 11) is 0. The first-order valence-corrected chi connectivity index (χ1v) is 5.77. The molecule has 0 fully saturated rings. The van der Waals surface area contributed by atoms with Crippen molar-refractivity contribution in [1.82, 2.24) is 14.6 Å². The number of nitrogens with one attached hydrogen (secondary N) is 2. The second kappa shape index (κ2) is 3.99. The first-order valence-electron chi connectivity index (χ1n) is 4.99. The van der Waals surface area contributed by atoms with E-state index >= 15 is 0 Å². The molecular formula is C11H8N4OS. The summed E-state index contributed by atoms with van der Waals surface area (Å²) in [4.78, 5) is 14.9. The van der Waals surface area contributed by atoms with Crippen molar-refractivity contribution < 1.29 is 4.79 Å². The molecule has 0 radical (unpaired) electrons. The highest BCUT2D eigenvalue weighted by Gasteiger charge is 2.10. The van der Waals surface area contributed by atoms with Gasteiger partial charge in [0.1, 0.15) is 10.7 Å². The summed E-state index contributed by atoms with van der Waals surface area (Å²) in [5, 5.41) is 8.02. The molecule has 0 bridgehead atoms. The summed E-state index contributed by atoms with van der Waals surface area (Å²) in [5.74, 6) is -0.188. The quantitative estimate of drug-likeness (QED) is 0.726. The molecule has 1 amide bonds. The Balaban J connectivity index is 1.90. The predicted molar refractivity (Wildman–Crippen MR) is 66.2 cm³/mol. The molecule has 17 heavy (non-hydrogen) atoms. The number of nitrogens with zero attached hydrogens (tertiary/aromatic N) is 2. The summed E-state index contributed by atoms with van der Waals surface area (Å²) in [6.45, 7) is 0. The highest BCUT2D eigenvalue weighted by atomic mass is 32.1. The molecule has 2 N–H and O–H groups in total. The average Bonchev–Trinajstić information content (AvgIpc) is 2.96. The molecule has 0 aliphatic carbocycles. The van der Waals surface area contributed by atoms with Crippen LogP contribution in [0.2, 0.25) is 0 Å². The number of hydrogen-bond donors (Lipinski definition) is 2. The van der Waals surface area contributed by atoms with E-state index in [1.807, 2.05) is 30.3 Å². The monoisotopic (exact) mass is 244 g/mol. The third kappa shape index (κ3) is 1.90. The van der Waals surface area contributed by atoms with E-state index in [1.54, 1.807) is 0 Å². The molecule has 0 atom stereocenters. The lowest BCUT2D eigenvalue weighted by Gasteiger charge is -1.97. The van der Waals surface area contributed by atoms with Crippen LogP contribution in [0.4, 0.5) is 5.00 Å². The summed E-state index contributed by atoms with van der Waals surface area (Å²) in [5.41, 5.74) is 1.47. The van der Waals surface area contributed by atoms with Crippen molar-refractivity contribution in [1.29, 1.82) is 0 Å². The van der Waals surface area contributed by atoms with Crippen LogP contribution < -0.4 is 5.32 Å². The van der Waals surface area contributed by atoms with Gasteiger partial charge in [-0.3, -0.25) is 4.79 Å². The molecular weight excluding hydrogens is 236 g/mol. The topological polar surface area (TPSA) is 70.7 Å². The summed E-state index contributed by atoms with van der Waals surface area (Å²) in [6, 6.07) is 9.56. The smallest absolute Gasteiger partial charge is 0.272 e. The minimum Gasteiger partial charge on any atom is -0.351 e. The van der Waals surface area contributed by atoms with E-state index in [0.717, 1.165) is 22.4 Å². The van der Waals surface area contributed by atoms with Crippen LogP contribution in [0.1, 0.15) is 10.5 Å². The van der Waals surface area contributed by atoms with Gasteiger partial charge in [0.25, 0.3) is 5.91 Å². The van der Waals surface area contributed by atoms with Gasteiger partial charge in [0.05, 0.1) is 6.20 Å². The van der Waals surface area contributed by atoms with Gasteiger partial charge in [0.2, 0.25) is 0 Å². The fourth-order valence-corrected chi connectivity index (χ4v) is 2.01. The van der Waals surface area contributed by atoms with Crippen LogP contribution >= 0.6 is 11.5 Å². The maximum absolute atomic E-state index is 11.9. The third-order valence-electron chi connectivity index (χ3n) is 2.37. The van der Waals surface area contributed by atoms with Crippen molar-refractivity contribution in [2.45, 2.75) is 0 Å². The van der Waals surface area contributed by atoms with Crippen LogP contribution in [0.15, 0.2) is 36.5 Å². The number of carbonyl (C=O) groups is 1. The lowest BCUT2D eigenvalue weighted by molar-refractivity contribution is 0.102. The molecule has 0 spiro atoms. The van der Waals surface area contributed by atoms with Gasteiger partial charge in [-0.1, -0.05) is 22.7 Å². The van der Waals surface area contributed by atoms with Gasteiger partial charge in [0.15, 0.2) is 0 Å². The Labute approximate surface area is 101 Å². The van der Waals surface area contributed by atoms with E-state index in [1.165, 1.54) is 6.20 Å². The van der Waals surface area contributed by atoms with E-state index in [2.05, 4.69) is 19.9 Å². The van der Waals surface area contributed by atoms with Gasteiger partial charge in [0, 0.05) is 22.4 Å². The molecule has 6 heteroatoms. The highest BCUT2D eigenvalue weighted by molar-refractivity contribution is 7.10. The molecule has 2 heterocycles. The Morgan fingerprint density at radius 2 is 2.24 bits per heavy atom. The van der Waals surface area contributed by atoms with Crippen molar-refractivity contribution in [2.75, 3.05) is 5.32 Å². The number of hydrogen-bond acceptors (Lipinski definition) is 4. The lowest BCUT2D eigenvalue weighted by Crippen LogP contribution is -2.10. The Morgan fingerprint density at radius 1 is 1.35 bits per heavy atom. The molecule has 5 nitrogen and oxygen atoms in total. The standard InChI is InChI=1S/C11H8N4OS/c16-11(14-10-6-12-15-17-10)9-5-7-3-1-2-4-8(7)13-9/h1-6,13H,(H,14,16). The fraction of sp³-hybridized carbons (Fsp3) is 0. The third-order valence-corrected chi connectivity index (χ3v) is 2.95. The van der Waals surface area contributed by atoms with Gasteiger partial charge < -0.3 is 10.3 Å². The Hall–Kier alpha value is -2.21. The minimum absolute atomic E-state index is 0.188. The number of carbonyl (C=O) groups excluding carboxylic acids is 1. The largest absolute Gasteiger partial charge is 0.351 e. The number of aromatic amines is 1. The first kappa shape index (κ1) is 9.98. The highest BCUT2D eigenvalue weighted by Crippen LogP contribution is 2.16. The number of anilines is 1.